The molecule has 0 atom stereocenters. The zero-order chi connectivity index (χ0) is 22.9. The maximum atomic E-state index is 12.6. The molecule has 0 spiro atoms. The van der Waals surface area contributed by atoms with Crippen molar-refractivity contribution in [2.24, 2.45) is 0 Å². The number of nitrogens with one attached hydrogen (secondary N) is 1. The van der Waals surface area contributed by atoms with E-state index in [9.17, 15) is 4.79 Å². The number of carbonyl (C=O) groups excluding carboxylic acids is 1. The van der Waals surface area contributed by atoms with Gasteiger partial charge in [-0.3, -0.25) is 9.36 Å². The van der Waals surface area contributed by atoms with Crippen molar-refractivity contribution < 1.29 is 19.0 Å². The number of anilines is 1. The van der Waals surface area contributed by atoms with E-state index >= 15 is 0 Å². The summed E-state index contributed by atoms with van der Waals surface area (Å²) in [7, 11) is 3.11. The van der Waals surface area contributed by atoms with Crippen molar-refractivity contribution in [2.45, 2.75) is 18.6 Å². The van der Waals surface area contributed by atoms with Crippen LogP contribution in [0.15, 0.2) is 60.3 Å². The highest BCUT2D eigenvalue weighted by atomic mass is 32.2. The molecule has 32 heavy (non-hydrogen) atoms. The van der Waals surface area contributed by atoms with E-state index in [1.54, 1.807) is 38.5 Å². The van der Waals surface area contributed by atoms with Crippen LogP contribution in [0.3, 0.4) is 0 Å². The number of rotatable bonds is 11. The van der Waals surface area contributed by atoms with E-state index < -0.39 is 0 Å². The average Bonchev–Trinajstić information content (AvgIpc) is 3.21. The molecule has 0 aliphatic heterocycles. The number of para-hydroxylation sites is 1. The van der Waals surface area contributed by atoms with Crippen molar-refractivity contribution in [3.8, 4) is 28.6 Å². The molecule has 1 aromatic heterocycles. The molecule has 3 aromatic rings. The summed E-state index contributed by atoms with van der Waals surface area (Å²) in [6.45, 7) is 6.81. The second-order valence-electron chi connectivity index (χ2n) is 6.54. The highest BCUT2D eigenvalue weighted by Gasteiger charge is 2.18. The normalized spacial score (nSPS) is 10.5. The van der Waals surface area contributed by atoms with Crippen molar-refractivity contribution >= 4 is 23.4 Å². The lowest BCUT2D eigenvalue weighted by atomic mass is 10.2. The number of nitrogens with zero attached hydrogens (tertiary/aromatic N) is 3. The van der Waals surface area contributed by atoms with Gasteiger partial charge in [0.15, 0.2) is 11.0 Å². The van der Waals surface area contributed by atoms with E-state index in [0.29, 0.717) is 41.3 Å². The van der Waals surface area contributed by atoms with Crippen molar-refractivity contribution in [3.63, 3.8) is 0 Å². The van der Waals surface area contributed by atoms with Gasteiger partial charge in [0.2, 0.25) is 5.91 Å². The second kappa shape index (κ2) is 11.2. The third-order valence-electron chi connectivity index (χ3n) is 4.47. The number of benzene rings is 2. The summed E-state index contributed by atoms with van der Waals surface area (Å²) < 4.78 is 18.2. The Morgan fingerprint density at radius 1 is 1.16 bits per heavy atom. The quantitative estimate of drug-likeness (QED) is 0.342. The van der Waals surface area contributed by atoms with E-state index in [4.69, 9.17) is 14.2 Å². The molecule has 1 N–H and O–H groups in total. The lowest BCUT2D eigenvalue weighted by molar-refractivity contribution is -0.113. The van der Waals surface area contributed by atoms with Crippen LogP contribution in [-0.2, 0) is 11.3 Å². The van der Waals surface area contributed by atoms with E-state index in [2.05, 4.69) is 22.1 Å². The molecule has 0 fully saturated rings. The Balaban J connectivity index is 1.76. The zero-order valence-corrected chi connectivity index (χ0v) is 19.1. The first kappa shape index (κ1) is 23.2. The highest BCUT2D eigenvalue weighted by Crippen LogP contribution is 2.32. The lowest BCUT2D eigenvalue weighted by Gasteiger charge is -2.12. The zero-order valence-electron chi connectivity index (χ0n) is 18.3. The third-order valence-corrected chi connectivity index (χ3v) is 5.44. The van der Waals surface area contributed by atoms with E-state index in [1.807, 2.05) is 35.8 Å². The van der Waals surface area contributed by atoms with Gasteiger partial charge in [0.25, 0.3) is 0 Å². The number of hydrogen-bond donors (Lipinski definition) is 1. The first-order chi connectivity index (χ1) is 15.6. The van der Waals surface area contributed by atoms with Crippen molar-refractivity contribution in [1.29, 1.82) is 0 Å². The fraction of sp³-hybridized carbons (Fsp3) is 0.261. The third kappa shape index (κ3) is 5.42. The first-order valence-corrected chi connectivity index (χ1v) is 11.0. The molecular weight excluding hydrogens is 428 g/mol. The fourth-order valence-electron chi connectivity index (χ4n) is 3.04. The molecule has 3 rings (SSSR count). The van der Waals surface area contributed by atoms with Gasteiger partial charge in [-0.05, 0) is 31.2 Å². The minimum absolute atomic E-state index is 0.150. The standard InChI is InChI=1S/C23H26N4O4S/c1-5-13-27-22(17-9-7-8-10-19(17)31-6-2)25-26-23(27)32-15-21(28)24-18-12-11-16(29-3)14-20(18)30-4/h5,7-12,14H,1,6,13,15H2,2-4H3,(H,24,28). The molecule has 0 aliphatic rings. The summed E-state index contributed by atoms with van der Waals surface area (Å²) in [6, 6.07) is 12.9. The van der Waals surface area contributed by atoms with Crippen molar-refractivity contribution in [1.82, 2.24) is 14.8 Å². The number of methoxy groups -OCH3 is 2. The van der Waals surface area contributed by atoms with Gasteiger partial charge in [-0.15, -0.1) is 16.8 Å². The molecule has 9 heteroatoms. The van der Waals surface area contributed by atoms with Crippen LogP contribution in [0.1, 0.15) is 6.92 Å². The van der Waals surface area contributed by atoms with Gasteiger partial charge in [-0.1, -0.05) is 30.0 Å². The second-order valence-corrected chi connectivity index (χ2v) is 7.48. The predicted octanol–water partition coefficient (Wildman–Crippen LogP) is 4.28. The van der Waals surface area contributed by atoms with Crippen LogP contribution in [0.4, 0.5) is 5.69 Å². The molecule has 168 valence electrons. The smallest absolute Gasteiger partial charge is 0.234 e. The minimum Gasteiger partial charge on any atom is -0.497 e. The molecular formula is C23H26N4O4S. The number of aromatic nitrogens is 3. The Bertz CT molecular complexity index is 1080. The summed E-state index contributed by atoms with van der Waals surface area (Å²) in [5, 5.41) is 12.1. The van der Waals surface area contributed by atoms with Crippen LogP contribution < -0.4 is 19.5 Å². The molecule has 1 amide bonds. The van der Waals surface area contributed by atoms with Crippen LogP contribution in [0.25, 0.3) is 11.4 Å². The largest absolute Gasteiger partial charge is 0.497 e. The Labute approximate surface area is 191 Å². The number of thioether (sulfide) groups is 1. The number of allylic oxidation sites excluding steroid dienone is 1. The molecule has 0 radical (unpaired) electrons. The van der Waals surface area contributed by atoms with Gasteiger partial charge < -0.3 is 19.5 Å². The summed E-state index contributed by atoms with van der Waals surface area (Å²) in [5.41, 5.74) is 1.40. The summed E-state index contributed by atoms with van der Waals surface area (Å²) in [6.07, 6.45) is 1.77. The maximum Gasteiger partial charge on any atom is 0.234 e. The van der Waals surface area contributed by atoms with Gasteiger partial charge in [0.1, 0.15) is 17.2 Å². The maximum absolute atomic E-state index is 12.6. The van der Waals surface area contributed by atoms with Gasteiger partial charge in [-0.2, -0.15) is 0 Å². The summed E-state index contributed by atoms with van der Waals surface area (Å²) >= 11 is 1.29. The van der Waals surface area contributed by atoms with E-state index in [0.717, 1.165) is 11.3 Å². The summed E-state index contributed by atoms with van der Waals surface area (Å²) in [5.74, 6) is 2.52. The van der Waals surface area contributed by atoms with Gasteiger partial charge >= 0.3 is 0 Å². The average molecular weight is 455 g/mol. The molecule has 0 aliphatic carbocycles. The number of hydrogen-bond acceptors (Lipinski definition) is 7. The molecule has 0 bridgehead atoms. The minimum atomic E-state index is -0.192. The number of ether oxygens (including phenoxy) is 3. The summed E-state index contributed by atoms with van der Waals surface area (Å²) in [4.78, 5) is 12.6. The molecule has 0 saturated carbocycles. The molecule has 1 heterocycles. The van der Waals surface area contributed by atoms with E-state index in [1.165, 1.54) is 11.8 Å². The predicted molar refractivity (Wildman–Crippen MR) is 126 cm³/mol. The monoisotopic (exact) mass is 454 g/mol. The van der Waals surface area contributed by atoms with Crippen LogP contribution in [0.2, 0.25) is 0 Å². The first-order valence-electron chi connectivity index (χ1n) is 10.0. The Hall–Kier alpha value is -3.46. The van der Waals surface area contributed by atoms with Crippen molar-refractivity contribution in [2.75, 3.05) is 31.9 Å². The highest BCUT2D eigenvalue weighted by molar-refractivity contribution is 7.99. The van der Waals surface area contributed by atoms with Gasteiger partial charge in [0.05, 0.1) is 37.8 Å². The van der Waals surface area contributed by atoms with Crippen LogP contribution in [0, 0.1) is 0 Å². The Kier molecular flexibility index (Phi) is 8.15. The molecule has 0 saturated heterocycles. The van der Waals surface area contributed by atoms with Crippen LogP contribution in [0.5, 0.6) is 17.2 Å². The van der Waals surface area contributed by atoms with Gasteiger partial charge in [0, 0.05) is 12.6 Å². The molecule has 0 unspecified atom stereocenters. The lowest BCUT2D eigenvalue weighted by Crippen LogP contribution is -2.15. The van der Waals surface area contributed by atoms with Crippen LogP contribution >= 0.6 is 11.8 Å². The van der Waals surface area contributed by atoms with E-state index in [-0.39, 0.29) is 11.7 Å². The SMILES string of the molecule is C=CCn1c(SCC(=O)Nc2ccc(OC)cc2OC)nnc1-c1ccccc1OCC. The number of amides is 1. The Morgan fingerprint density at radius 2 is 1.97 bits per heavy atom. The van der Waals surface area contributed by atoms with Gasteiger partial charge in [-0.25, -0.2) is 0 Å². The Morgan fingerprint density at radius 3 is 2.69 bits per heavy atom. The fourth-order valence-corrected chi connectivity index (χ4v) is 3.79. The van der Waals surface area contributed by atoms with Crippen molar-refractivity contribution in [3.05, 3.63) is 55.1 Å². The molecule has 8 nitrogen and oxygen atoms in total. The topological polar surface area (TPSA) is 87.5 Å². The van der Waals surface area contributed by atoms with Crippen LogP contribution in [-0.4, -0.2) is 47.3 Å². The number of carbonyl (C=O) groups is 1. The molecule has 2 aromatic carbocycles.